The molecule has 1 fully saturated rings. The van der Waals surface area contributed by atoms with Gasteiger partial charge in [0.25, 0.3) is 0 Å². The molecule has 1 N–H and O–H groups in total. The number of hydrogen-bond donors (Lipinski definition) is 1. The molecule has 0 bridgehead atoms. The lowest BCUT2D eigenvalue weighted by atomic mass is 9.76. The van der Waals surface area contributed by atoms with Crippen molar-refractivity contribution >= 4 is 0 Å². The summed E-state index contributed by atoms with van der Waals surface area (Å²) in [6.45, 7) is 9.34. The van der Waals surface area contributed by atoms with Crippen molar-refractivity contribution in [2.75, 3.05) is 0 Å². The molecule has 4 heteroatoms. The second-order valence-electron chi connectivity index (χ2n) is 7.46. The highest BCUT2D eigenvalue weighted by atomic mass is 15.3. The Morgan fingerprint density at radius 2 is 2.00 bits per heavy atom. The molecule has 1 aromatic heterocycles. The monoisotopic (exact) mass is 278 g/mol. The van der Waals surface area contributed by atoms with Crippen molar-refractivity contribution in [3.8, 4) is 0 Å². The topological polar surface area (TPSA) is 42.7 Å². The van der Waals surface area contributed by atoms with Crippen molar-refractivity contribution in [3.05, 3.63) is 12.2 Å². The molecule has 2 rings (SSSR count). The van der Waals surface area contributed by atoms with Crippen LogP contribution in [0.4, 0.5) is 0 Å². The van der Waals surface area contributed by atoms with Crippen LogP contribution in [0.25, 0.3) is 0 Å². The largest absolute Gasteiger partial charge is 0.319 e. The number of aromatic nitrogens is 3. The zero-order chi connectivity index (χ0) is 14.8. The zero-order valence-electron chi connectivity index (χ0n) is 13.7. The highest BCUT2D eigenvalue weighted by molar-refractivity contribution is 4.94. The molecule has 3 atom stereocenters. The molecule has 0 aliphatic heterocycles. The Labute approximate surface area is 123 Å². The van der Waals surface area contributed by atoms with Crippen LogP contribution in [0.5, 0.6) is 0 Å². The number of nitrogens with one attached hydrogen (secondary N) is 1. The van der Waals surface area contributed by atoms with Crippen LogP contribution in [0.2, 0.25) is 0 Å². The van der Waals surface area contributed by atoms with Crippen LogP contribution in [0, 0.1) is 11.3 Å². The van der Waals surface area contributed by atoms with Gasteiger partial charge in [0.1, 0.15) is 12.2 Å². The van der Waals surface area contributed by atoms with E-state index in [-0.39, 0.29) is 6.04 Å². The fourth-order valence-electron chi connectivity index (χ4n) is 3.45. The summed E-state index contributed by atoms with van der Waals surface area (Å²) in [5, 5.41) is 11.9. The average Bonchev–Trinajstić information content (AvgIpc) is 2.63. The van der Waals surface area contributed by atoms with Gasteiger partial charge in [-0.3, -0.25) is 0 Å². The molecule has 0 radical (unpaired) electrons. The first-order chi connectivity index (χ1) is 9.38. The first-order valence-electron chi connectivity index (χ1n) is 7.98. The third-order valence-corrected chi connectivity index (χ3v) is 4.81. The molecule has 1 aromatic rings. The summed E-state index contributed by atoms with van der Waals surface area (Å²) >= 11 is 0. The molecule has 1 aliphatic carbocycles. The lowest BCUT2D eigenvalue weighted by Crippen LogP contribution is -2.32. The predicted molar refractivity (Wildman–Crippen MR) is 82.4 cm³/mol. The van der Waals surface area contributed by atoms with E-state index in [2.05, 4.69) is 43.2 Å². The van der Waals surface area contributed by atoms with Gasteiger partial charge in [0.2, 0.25) is 0 Å². The number of nitrogens with zero attached hydrogens (tertiary/aromatic N) is 3. The van der Waals surface area contributed by atoms with Gasteiger partial charge < -0.3 is 9.88 Å². The van der Waals surface area contributed by atoms with E-state index in [4.69, 9.17) is 0 Å². The Hall–Kier alpha value is -0.900. The van der Waals surface area contributed by atoms with E-state index >= 15 is 0 Å². The van der Waals surface area contributed by atoms with Gasteiger partial charge in [-0.1, -0.05) is 27.2 Å². The van der Waals surface area contributed by atoms with Gasteiger partial charge in [-0.25, -0.2) is 0 Å². The zero-order valence-corrected chi connectivity index (χ0v) is 13.7. The number of aryl methyl sites for hydroxylation is 1. The molecule has 1 heterocycles. The highest BCUT2D eigenvalue weighted by Crippen LogP contribution is 2.37. The molecule has 4 nitrogen and oxygen atoms in total. The van der Waals surface area contributed by atoms with Crippen LogP contribution in [0.1, 0.15) is 71.7 Å². The average molecular weight is 278 g/mol. The SMILES string of the molecule is CC(NC1CCCC(C(C)(C)C)CC1)c1nncn1C. The van der Waals surface area contributed by atoms with Gasteiger partial charge in [0.15, 0.2) is 0 Å². The Morgan fingerprint density at radius 1 is 1.25 bits per heavy atom. The minimum Gasteiger partial charge on any atom is -0.319 e. The molecule has 0 amide bonds. The van der Waals surface area contributed by atoms with Gasteiger partial charge in [-0.15, -0.1) is 10.2 Å². The smallest absolute Gasteiger partial charge is 0.149 e. The minimum atomic E-state index is 0.277. The molecule has 0 saturated heterocycles. The van der Waals surface area contributed by atoms with Crippen LogP contribution in [0.3, 0.4) is 0 Å². The van der Waals surface area contributed by atoms with E-state index in [9.17, 15) is 0 Å². The third kappa shape index (κ3) is 3.81. The van der Waals surface area contributed by atoms with E-state index in [0.29, 0.717) is 11.5 Å². The highest BCUT2D eigenvalue weighted by Gasteiger charge is 2.28. The van der Waals surface area contributed by atoms with Crippen molar-refractivity contribution in [2.45, 2.75) is 71.9 Å². The van der Waals surface area contributed by atoms with Crippen LogP contribution in [-0.2, 0) is 7.05 Å². The van der Waals surface area contributed by atoms with Crippen molar-refractivity contribution < 1.29 is 0 Å². The third-order valence-electron chi connectivity index (χ3n) is 4.81. The maximum absolute atomic E-state index is 4.21. The van der Waals surface area contributed by atoms with E-state index in [1.54, 1.807) is 6.33 Å². The minimum absolute atomic E-state index is 0.277. The van der Waals surface area contributed by atoms with Gasteiger partial charge >= 0.3 is 0 Å². The second-order valence-corrected chi connectivity index (χ2v) is 7.46. The number of rotatable bonds is 3. The molecular formula is C16H30N4. The Kier molecular flexibility index (Phi) is 4.84. The Balaban J connectivity index is 1.90. The van der Waals surface area contributed by atoms with Crippen LogP contribution >= 0.6 is 0 Å². The molecule has 1 saturated carbocycles. The van der Waals surface area contributed by atoms with Crippen molar-refractivity contribution in [3.63, 3.8) is 0 Å². The molecule has 3 unspecified atom stereocenters. The molecule has 114 valence electrons. The first kappa shape index (κ1) is 15.5. The second kappa shape index (κ2) is 6.25. The Morgan fingerprint density at radius 3 is 2.60 bits per heavy atom. The first-order valence-corrected chi connectivity index (χ1v) is 7.98. The van der Waals surface area contributed by atoms with Gasteiger partial charge in [-0.05, 0) is 43.9 Å². The fraction of sp³-hybridized carbons (Fsp3) is 0.875. The number of hydrogen-bond acceptors (Lipinski definition) is 3. The quantitative estimate of drug-likeness (QED) is 0.861. The summed E-state index contributed by atoms with van der Waals surface area (Å²) < 4.78 is 2.01. The van der Waals surface area contributed by atoms with Gasteiger partial charge in [0.05, 0.1) is 6.04 Å². The van der Waals surface area contributed by atoms with Crippen molar-refractivity contribution in [1.29, 1.82) is 0 Å². The Bertz CT molecular complexity index is 418. The van der Waals surface area contributed by atoms with Crippen LogP contribution in [-0.4, -0.2) is 20.8 Å². The summed E-state index contributed by atoms with van der Waals surface area (Å²) in [7, 11) is 2.01. The standard InChI is InChI=1S/C16H30N4/c1-12(15-19-17-11-20(15)5)18-14-8-6-7-13(9-10-14)16(2,3)4/h11-14,18H,6-10H2,1-5H3. The van der Waals surface area contributed by atoms with Gasteiger partial charge in [0, 0.05) is 13.1 Å². The summed E-state index contributed by atoms with van der Waals surface area (Å²) in [4.78, 5) is 0. The van der Waals surface area contributed by atoms with Crippen LogP contribution in [0.15, 0.2) is 6.33 Å². The lowest BCUT2D eigenvalue weighted by Gasteiger charge is -2.30. The maximum atomic E-state index is 4.21. The van der Waals surface area contributed by atoms with Crippen LogP contribution < -0.4 is 5.32 Å². The van der Waals surface area contributed by atoms with Crippen molar-refractivity contribution in [1.82, 2.24) is 20.1 Å². The molecule has 1 aliphatic rings. The summed E-state index contributed by atoms with van der Waals surface area (Å²) in [5.74, 6) is 1.89. The molecule has 0 spiro atoms. The summed E-state index contributed by atoms with van der Waals surface area (Å²) in [6.07, 6.45) is 8.40. The van der Waals surface area contributed by atoms with E-state index in [1.807, 2.05) is 11.6 Å². The summed E-state index contributed by atoms with van der Waals surface area (Å²) in [6, 6.07) is 0.896. The summed E-state index contributed by atoms with van der Waals surface area (Å²) in [5.41, 5.74) is 0.449. The van der Waals surface area contributed by atoms with Gasteiger partial charge in [-0.2, -0.15) is 0 Å². The maximum Gasteiger partial charge on any atom is 0.149 e. The van der Waals surface area contributed by atoms with E-state index in [0.717, 1.165) is 11.7 Å². The molecular weight excluding hydrogens is 248 g/mol. The fourth-order valence-corrected chi connectivity index (χ4v) is 3.45. The van der Waals surface area contributed by atoms with Crippen molar-refractivity contribution in [2.24, 2.45) is 18.4 Å². The van der Waals surface area contributed by atoms with E-state index in [1.165, 1.54) is 32.1 Å². The lowest BCUT2D eigenvalue weighted by molar-refractivity contribution is 0.213. The normalized spacial score (nSPS) is 26.2. The molecule has 20 heavy (non-hydrogen) atoms. The predicted octanol–water partition coefficient (Wildman–Crippen LogP) is 3.46. The van der Waals surface area contributed by atoms with E-state index < -0.39 is 0 Å². The molecule has 0 aromatic carbocycles.